The Morgan fingerprint density at radius 3 is 2.44 bits per heavy atom. The van der Waals surface area contributed by atoms with Crippen LogP contribution in [0.25, 0.3) is 0 Å². The monoisotopic (exact) mass is 344 g/mol. The predicted octanol–water partition coefficient (Wildman–Crippen LogP) is 3.80. The molecule has 25 heavy (non-hydrogen) atoms. The second-order valence-electron chi connectivity index (χ2n) is 7.12. The first kappa shape index (κ1) is 17.7. The lowest BCUT2D eigenvalue weighted by Crippen LogP contribution is -2.46. The first-order valence-electron chi connectivity index (χ1n) is 9.27. The van der Waals surface area contributed by atoms with E-state index in [4.69, 9.17) is 4.52 Å². The summed E-state index contributed by atoms with van der Waals surface area (Å²) in [5, 5.41) is 7.44. The Balaban J connectivity index is 1.94. The molecule has 1 aliphatic carbocycles. The van der Waals surface area contributed by atoms with Gasteiger partial charge in [0.05, 0.1) is 5.56 Å². The van der Waals surface area contributed by atoms with Gasteiger partial charge in [-0.05, 0) is 39.7 Å². The highest BCUT2D eigenvalue weighted by molar-refractivity contribution is 5.96. The van der Waals surface area contributed by atoms with Crippen LogP contribution in [0.2, 0.25) is 0 Å². The van der Waals surface area contributed by atoms with Crippen molar-refractivity contribution in [2.75, 3.05) is 0 Å². The molecule has 6 nitrogen and oxygen atoms in total. The summed E-state index contributed by atoms with van der Waals surface area (Å²) in [5.41, 5.74) is 2.32. The van der Waals surface area contributed by atoms with Crippen LogP contribution in [-0.2, 0) is 12.1 Å². The van der Waals surface area contributed by atoms with Crippen molar-refractivity contribution in [2.45, 2.75) is 78.3 Å². The fourth-order valence-corrected chi connectivity index (χ4v) is 4.03. The van der Waals surface area contributed by atoms with Crippen LogP contribution >= 0.6 is 0 Å². The molecule has 1 amide bonds. The van der Waals surface area contributed by atoms with E-state index in [1.54, 1.807) is 6.92 Å². The Morgan fingerprint density at radius 1 is 1.24 bits per heavy atom. The Morgan fingerprint density at radius 2 is 1.92 bits per heavy atom. The van der Waals surface area contributed by atoms with Crippen molar-refractivity contribution in [3.05, 3.63) is 34.7 Å². The number of carbonyl (C=O) groups excluding carboxylic acids is 1. The molecule has 3 rings (SSSR count). The molecule has 2 aromatic rings. The third kappa shape index (κ3) is 3.34. The molecule has 0 saturated heterocycles. The number of aromatic nitrogens is 3. The van der Waals surface area contributed by atoms with Crippen molar-refractivity contribution in [2.24, 2.45) is 0 Å². The van der Waals surface area contributed by atoms with Gasteiger partial charge in [0.15, 0.2) is 5.82 Å². The van der Waals surface area contributed by atoms with E-state index in [9.17, 15) is 4.79 Å². The summed E-state index contributed by atoms with van der Waals surface area (Å²) >= 11 is 0. The molecule has 0 atom stereocenters. The third-order valence-corrected chi connectivity index (χ3v) is 5.40. The lowest BCUT2D eigenvalue weighted by molar-refractivity contribution is 0.0876. The van der Waals surface area contributed by atoms with E-state index in [1.165, 1.54) is 12.8 Å². The molecule has 1 saturated carbocycles. The van der Waals surface area contributed by atoms with Crippen LogP contribution in [0.15, 0.2) is 10.6 Å². The van der Waals surface area contributed by atoms with Crippen molar-refractivity contribution >= 4 is 5.91 Å². The predicted molar refractivity (Wildman–Crippen MR) is 95.5 cm³/mol. The minimum Gasteiger partial charge on any atom is -0.349 e. The number of carbonyl (C=O) groups is 1. The van der Waals surface area contributed by atoms with Gasteiger partial charge < -0.3 is 14.4 Å². The van der Waals surface area contributed by atoms with Crippen molar-refractivity contribution in [1.29, 1.82) is 0 Å². The maximum atomic E-state index is 13.1. The SMILES string of the molecule is CCn1c(C)cc(C(=O)NC2(c3noc(C)n3)CCCCCC2)c1C. The zero-order chi connectivity index (χ0) is 18.0. The minimum atomic E-state index is -0.528. The van der Waals surface area contributed by atoms with E-state index in [2.05, 4.69) is 26.9 Å². The molecule has 0 spiro atoms. The molecule has 0 unspecified atom stereocenters. The number of hydrogen-bond donors (Lipinski definition) is 1. The molecule has 136 valence electrons. The van der Waals surface area contributed by atoms with Gasteiger partial charge in [-0.2, -0.15) is 4.98 Å². The molecule has 2 heterocycles. The van der Waals surface area contributed by atoms with Gasteiger partial charge in [-0.3, -0.25) is 4.79 Å². The molecule has 6 heteroatoms. The highest BCUT2D eigenvalue weighted by Gasteiger charge is 2.39. The number of nitrogens with zero attached hydrogens (tertiary/aromatic N) is 3. The quantitative estimate of drug-likeness (QED) is 0.856. The van der Waals surface area contributed by atoms with Gasteiger partial charge in [0, 0.05) is 24.9 Å². The first-order chi connectivity index (χ1) is 12.0. The molecular weight excluding hydrogens is 316 g/mol. The van der Waals surface area contributed by atoms with Crippen molar-refractivity contribution in [3.8, 4) is 0 Å². The van der Waals surface area contributed by atoms with Crippen molar-refractivity contribution < 1.29 is 9.32 Å². The molecule has 2 aromatic heterocycles. The Hall–Kier alpha value is -2.11. The molecule has 1 N–H and O–H groups in total. The number of rotatable bonds is 4. The van der Waals surface area contributed by atoms with Crippen LogP contribution in [0.3, 0.4) is 0 Å². The molecule has 0 aliphatic heterocycles. The van der Waals surface area contributed by atoms with E-state index in [0.717, 1.165) is 49.2 Å². The summed E-state index contributed by atoms with van der Waals surface area (Å²) < 4.78 is 7.38. The van der Waals surface area contributed by atoms with Crippen LogP contribution < -0.4 is 5.32 Å². The number of amides is 1. The van der Waals surface area contributed by atoms with Gasteiger partial charge in [-0.15, -0.1) is 0 Å². The largest absolute Gasteiger partial charge is 0.349 e. The molecule has 0 aromatic carbocycles. The Labute approximate surface area is 149 Å². The maximum absolute atomic E-state index is 13.1. The minimum absolute atomic E-state index is 0.0443. The van der Waals surface area contributed by atoms with Crippen LogP contribution in [0.5, 0.6) is 0 Å². The van der Waals surface area contributed by atoms with Gasteiger partial charge in [0.2, 0.25) is 5.89 Å². The Kier molecular flexibility index (Phi) is 4.97. The average molecular weight is 344 g/mol. The summed E-state index contributed by atoms with van der Waals surface area (Å²) in [6.07, 6.45) is 6.18. The maximum Gasteiger partial charge on any atom is 0.253 e. The van der Waals surface area contributed by atoms with Gasteiger partial charge >= 0.3 is 0 Å². The molecule has 1 fully saturated rings. The summed E-state index contributed by atoms with van der Waals surface area (Å²) in [5.74, 6) is 1.11. The highest BCUT2D eigenvalue weighted by atomic mass is 16.5. The van der Waals surface area contributed by atoms with E-state index < -0.39 is 5.54 Å². The van der Waals surface area contributed by atoms with E-state index in [-0.39, 0.29) is 5.91 Å². The number of nitrogens with one attached hydrogen (secondary N) is 1. The van der Waals surface area contributed by atoms with Crippen LogP contribution in [0, 0.1) is 20.8 Å². The zero-order valence-electron chi connectivity index (χ0n) is 15.7. The van der Waals surface area contributed by atoms with E-state index >= 15 is 0 Å². The van der Waals surface area contributed by atoms with Crippen LogP contribution in [0.4, 0.5) is 0 Å². The van der Waals surface area contributed by atoms with Gasteiger partial charge in [0.25, 0.3) is 5.91 Å². The summed E-state index contributed by atoms with van der Waals surface area (Å²) in [6.45, 7) is 8.79. The molecule has 0 radical (unpaired) electrons. The van der Waals surface area contributed by atoms with E-state index in [1.807, 2.05) is 19.9 Å². The third-order valence-electron chi connectivity index (χ3n) is 5.40. The average Bonchev–Trinajstić information content (AvgIpc) is 3.04. The second kappa shape index (κ2) is 7.02. The van der Waals surface area contributed by atoms with Gasteiger partial charge in [-0.25, -0.2) is 0 Å². The van der Waals surface area contributed by atoms with Gasteiger partial charge in [0.1, 0.15) is 5.54 Å². The molecule has 1 aliphatic rings. The zero-order valence-corrected chi connectivity index (χ0v) is 15.7. The summed E-state index contributed by atoms with van der Waals surface area (Å²) in [6, 6.07) is 1.97. The lowest BCUT2D eigenvalue weighted by Gasteiger charge is -2.30. The summed E-state index contributed by atoms with van der Waals surface area (Å²) in [7, 11) is 0. The first-order valence-corrected chi connectivity index (χ1v) is 9.27. The van der Waals surface area contributed by atoms with Crippen molar-refractivity contribution in [1.82, 2.24) is 20.0 Å². The van der Waals surface area contributed by atoms with Crippen molar-refractivity contribution in [3.63, 3.8) is 0 Å². The normalized spacial score (nSPS) is 17.3. The van der Waals surface area contributed by atoms with Crippen LogP contribution in [-0.4, -0.2) is 20.6 Å². The smallest absolute Gasteiger partial charge is 0.253 e. The number of aryl methyl sites for hydroxylation is 2. The summed E-state index contributed by atoms with van der Waals surface area (Å²) in [4.78, 5) is 17.6. The fraction of sp³-hybridized carbons (Fsp3) is 0.632. The van der Waals surface area contributed by atoms with E-state index in [0.29, 0.717) is 11.7 Å². The highest BCUT2D eigenvalue weighted by Crippen LogP contribution is 2.35. The standard InChI is InChI=1S/C19H28N4O2/c1-5-23-13(2)12-16(14(23)3)17(24)21-19(10-8-6-7-9-11-19)18-20-15(4)25-22-18/h12H,5-11H2,1-4H3,(H,21,24). The lowest BCUT2D eigenvalue weighted by atomic mass is 9.88. The molecular formula is C19H28N4O2. The molecule has 0 bridgehead atoms. The Bertz CT molecular complexity index is 752. The second-order valence-corrected chi connectivity index (χ2v) is 7.12. The number of hydrogen-bond acceptors (Lipinski definition) is 4. The van der Waals surface area contributed by atoms with Gasteiger partial charge in [-0.1, -0.05) is 30.8 Å². The fourth-order valence-electron chi connectivity index (χ4n) is 4.03. The topological polar surface area (TPSA) is 73.0 Å². The van der Waals surface area contributed by atoms with Crippen LogP contribution in [0.1, 0.15) is 78.9 Å².